The van der Waals surface area contributed by atoms with Crippen molar-refractivity contribution >= 4 is 39.1 Å². The van der Waals surface area contributed by atoms with Crippen LogP contribution in [0.4, 0.5) is 0 Å². The van der Waals surface area contributed by atoms with Crippen LogP contribution in [0.5, 0.6) is 0 Å². The number of carbonyl (C=O) groups is 1. The predicted octanol–water partition coefficient (Wildman–Crippen LogP) is 3.90. The molecule has 0 unspecified atom stereocenters. The quantitative estimate of drug-likeness (QED) is 0.786. The van der Waals surface area contributed by atoms with Gasteiger partial charge >= 0.3 is 0 Å². The molecule has 0 bridgehead atoms. The molecule has 1 amide bonds. The lowest BCUT2D eigenvalue weighted by Crippen LogP contribution is -2.20. The summed E-state index contributed by atoms with van der Waals surface area (Å²) in [5, 5.41) is 0.702. The number of nitrogens with zero attached hydrogens (tertiary/aromatic N) is 2. The molecular weight excluding hydrogens is 292 g/mol. The van der Waals surface area contributed by atoms with Crippen LogP contribution >= 0.6 is 22.9 Å². The molecule has 1 fully saturated rings. The van der Waals surface area contributed by atoms with Crippen molar-refractivity contribution in [3.05, 3.63) is 28.0 Å². The second kappa shape index (κ2) is 5.70. The number of benzene rings is 1. The van der Waals surface area contributed by atoms with Crippen LogP contribution in [0.25, 0.3) is 10.2 Å². The van der Waals surface area contributed by atoms with Crippen LogP contribution in [0.2, 0.25) is 5.02 Å². The van der Waals surface area contributed by atoms with Crippen molar-refractivity contribution in [3.63, 3.8) is 0 Å². The molecule has 0 radical (unpaired) electrons. The standard InChI is InChI=1S/C15H17ClN2OS/c1-18-13-11(16)8-5-9-12(13)20-15(18)17-14(19)10-6-3-2-4-7-10/h5,8-10H,2-4,6-7H2,1H3. The van der Waals surface area contributed by atoms with Gasteiger partial charge in [0.15, 0.2) is 4.80 Å². The molecule has 0 spiro atoms. The topological polar surface area (TPSA) is 34.4 Å². The van der Waals surface area contributed by atoms with E-state index in [0.717, 1.165) is 40.7 Å². The van der Waals surface area contributed by atoms with Crippen LogP contribution < -0.4 is 4.80 Å². The molecule has 0 saturated heterocycles. The van der Waals surface area contributed by atoms with Gasteiger partial charge in [-0.2, -0.15) is 4.99 Å². The molecule has 0 N–H and O–H groups in total. The second-order valence-corrected chi connectivity index (χ2v) is 6.73. The summed E-state index contributed by atoms with van der Waals surface area (Å²) in [7, 11) is 1.91. The Bertz CT molecular complexity index is 710. The van der Waals surface area contributed by atoms with Crippen LogP contribution in [0.1, 0.15) is 32.1 Å². The zero-order chi connectivity index (χ0) is 14.1. The second-order valence-electron chi connectivity index (χ2n) is 5.32. The van der Waals surface area contributed by atoms with E-state index < -0.39 is 0 Å². The van der Waals surface area contributed by atoms with E-state index in [9.17, 15) is 4.79 Å². The molecule has 1 heterocycles. The van der Waals surface area contributed by atoms with Crippen LogP contribution in [-0.2, 0) is 11.8 Å². The van der Waals surface area contributed by atoms with Gasteiger partial charge in [-0.1, -0.05) is 48.3 Å². The Morgan fingerprint density at radius 3 is 2.80 bits per heavy atom. The Labute approximate surface area is 126 Å². The normalized spacial score (nSPS) is 17.8. The Morgan fingerprint density at radius 2 is 2.10 bits per heavy atom. The SMILES string of the molecule is Cn1c(=NC(=O)C2CCCCC2)sc2cccc(Cl)c21. The largest absolute Gasteiger partial charge is 0.318 e. The number of thiazole rings is 1. The number of amides is 1. The van der Waals surface area contributed by atoms with Crippen LogP contribution in [0.15, 0.2) is 23.2 Å². The van der Waals surface area contributed by atoms with Crippen molar-refractivity contribution in [2.24, 2.45) is 18.0 Å². The van der Waals surface area contributed by atoms with Gasteiger partial charge in [-0.3, -0.25) is 4.79 Å². The van der Waals surface area contributed by atoms with Gasteiger partial charge in [0, 0.05) is 13.0 Å². The summed E-state index contributed by atoms with van der Waals surface area (Å²) in [5.74, 6) is 0.146. The van der Waals surface area contributed by atoms with E-state index in [4.69, 9.17) is 11.6 Å². The molecule has 1 aromatic heterocycles. The van der Waals surface area contributed by atoms with Crippen LogP contribution in [0.3, 0.4) is 0 Å². The summed E-state index contributed by atoms with van der Waals surface area (Å²) in [6, 6.07) is 5.80. The summed E-state index contributed by atoms with van der Waals surface area (Å²) >= 11 is 7.74. The van der Waals surface area contributed by atoms with Gasteiger partial charge in [0.1, 0.15) is 0 Å². The molecule has 1 aliphatic carbocycles. The van der Waals surface area contributed by atoms with Crippen molar-refractivity contribution < 1.29 is 4.79 Å². The molecule has 2 aromatic rings. The highest BCUT2D eigenvalue weighted by Gasteiger charge is 2.20. The van der Waals surface area contributed by atoms with Gasteiger partial charge < -0.3 is 4.57 Å². The van der Waals surface area contributed by atoms with Gasteiger partial charge in [-0.15, -0.1) is 0 Å². The minimum absolute atomic E-state index is 0.0305. The maximum atomic E-state index is 12.3. The molecule has 106 valence electrons. The highest BCUT2D eigenvalue weighted by Crippen LogP contribution is 2.26. The van der Waals surface area contributed by atoms with Gasteiger partial charge in [-0.25, -0.2) is 0 Å². The first-order chi connectivity index (χ1) is 9.66. The van der Waals surface area contributed by atoms with Crippen molar-refractivity contribution in [1.82, 2.24) is 4.57 Å². The average Bonchev–Trinajstić information content (AvgIpc) is 2.78. The van der Waals surface area contributed by atoms with Gasteiger partial charge in [0.25, 0.3) is 5.91 Å². The van der Waals surface area contributed by atoms with E-state index in [2.05, 4.69) is 4.99 Å². The van der Waals surface area contributed by atoms with E-state index in [0.29, 0.717) is 5.02 Å². The van der Waals surface area contributed by atoms with E-state index in [-0.39, 0.29) is 11.8 Å². The number of hydrogen-bond donors (Lipinski definition) is 0. The Morgan fingerprint density at radius 1 is 1.35 bits per heavy atom. The number of halogens is 1. The highest BCUT2D eigenvalue weighted by molar-refractivity contribution is 7.16. The summed E-state index contributed by atoms with van der Waals surface area (Å²) < 4.78 is 2.98. The van der Waals surface area contributed by atoms with Crippen LogP contribution in [0, 0.1) is 5.92 Å². The van der Waals surface area contributed by atoms with E-state index in [1.54, 1.807) is 0 Å². The fourth-order valence-electron chi connectivity index (χ4n) is 2.80. The third kappa shape index (κ3) is 2.54. The molecule has 20 heavy (non-hydrogen) atoms. The zero-order valence-corrected chi connectivity index (χ0v) is 13.0. The van der Waals surface area contributed by atoms with Gasteiger partial charge in [-0.05, 0) is 25.0 Å². The van der Waals surface area contributed by atoms with Gasteiger partial charge in [0.05, 0.1) is 15.2 Å². The van der Waals surface area contributed by atoms with Crippen molar-refractivity contribution in [1.29, 1.82) is 0 Å². The number of aromatic nitrogens is 1. The molecule has 3 nitrogen and oxygen atoms in total. The third-order valence-electron chi connectivity index (χ3n) is 3.93. The first-order valence-electron chi connectivity index (χ1n) is 6.99. The van der Waals surface area contributed by atoms with E-state index in [1.165, 1.54) is 17.8 Å². The lowest BCUT2D eigenvalue weighted by molar-refractivity contribution is -0.122. The molecule has 0 atom stereocenters. The predicted molar refractivity (Wildman–Crippen MR) is 83.0 cm³/mol. The number of hydrogen-bond acceptors (Lipinski definition) is 2. The smallest absolute Gasteiger partial charge is 0.251 e. The first-order valence-corrected chi connectivity index (χ1v) is 8.19. The number of aryl methyl sites for hydroxylation is 1. The van der Waals surface area contributed by atoms with Gasteiger partial charge in [0.2, 0.25) is 0 Å². The lowest BCUT2D eigenvalue weighted by atomic mass is 9.89. The molecule has 3 rings (SSSR count). The molecule has 5 heteroatoms. The summed E-state index contributed by atoms with van der Waals surface area (Å²) in [6.07, 6.45) is 5.51. The number of para-hydroxylation sites is 1. The molecular formula is C15H17ClN2OS. The minimum atomic E-state index is 0.0305. The van der Waals surface area contributed by atoms with Crippen molar-refractivity contribution in [3.8, 4) is 0 Å². The van der Waals surface area contributed by atoms with E-state index in [1.807, 2.05) is 29.8 Å². The van der Waals surface area contributed by atoms with E-state index >= 15 is 0 Å². The summed E-state index contributed by atoms with van der Waals surface area (Å²) in [6.45, 7) is 0. The summed E-state index contributed by atoms with van der Waals surface area (Å²) in [5.41, 5.74) is 0.953. The third-order valence-corrected chi connectivity index (χ3v) is 5.34. The fourth-order valence-corrected chi connectivity index (χ4v) is 4.21. The number of carbonyl (C=O) groups excluding carboxylic acids is 1. The maximum Gasteiger partial charge on any atom is 0.251 e. The molecule has 1 saturated carbocycles. The molecule has 1 aromatic carbocycles. The zero-order valence-electron chi connectivity index (χ0n) is 11.4. The Hall–Kier alpha value is -1.13. The lowest BCUT2D eigenvalue weighted by Gasteiger charge is -2.17. The van der Waals surface area contributed by atoms with Crippen molar-refractivity contribution in [2.75, 3.05) is 0 Å². The number of fused-ring (bicyclic) bond motifs is 1. The van der Waals surface area contributed by atoms with Crippen LogP contribution in [-0.4, -0.2) is 10.5 Å². The highest BCUT2D eigenvalue weighted by atomic mass is 35.5. The Balaban J connectivity index is 2.01. The first kappa shape index (κ1) is 13.8. The summed E-state index contributed by atoms with van der Waals surface area (Å²) in [4.78, 5) is 17.4. The average molecular weight is 309 g/mol. The molecule has 1 aliphatic rings. The Kier molecular flexibility index (Phi) is 3.94. The van der Waals surface area contributed by atoms with Crippen molar-refractivity contribution in [2.45, 2.75) is 32.1 Å². The number of rotatable bonds is 1. The maximum absolute atomic E-state index is 12.3. The monoisotopic (exact) mass is 308 g/mol. The minimum Gasteiger partial charge on any atom is -0.318 e. The molecule has 0 aliphatic heterocycles. The fraction of sp³-hybridized carbons (Fsp3) is 0.467.